The summed E-state index contributed by atoms with van der Waals surface area (Å²) in [6.07, 6.45) is -4.53. The maximum atomic E-state index is 12.9. The van der Waals surface area contributed by atoms with E-state index in [1.165, 1.54) is 30.1 Å². The molecule has 0 saturated carbocycles. The number of urea groups is 1. The summed E-state index contributed by atoms with van der Waals surface area (Å²) in [6, 6.07) is 11.1. The van der Waals surface area contributed by atoms with E-state index in [0.717, 1.165) is 11.6 Å². The smallest absolute Gasteiger partial charge is 0.323 e. The number of rotatable bonds is 3. The number of benzene rings is 2. The van der Waals surface area contributed by atoms with E-state index in [2.05, 4.69) is 5.32 Å². The van der Waals surface area contributed by atoms with Crippen LogP contribution < -0.4 is 5.32 Å². The van der Waals surface area contributed by atoms with Crippen LogP contribution in [0.25, 0.3) is 0 Å². The van der Waals surface area contributed by atoms with Gasteiger partial charge in [0.25, 0.3) is 0 Å². The second kappa shape index (κ2) is 6.91. The average Bonchev–Trinajstić information content (AvgIpc) is 2.49. The molecule has 2 rings (SSSR count). The molecule has 0 heterocycles. The van der Waals surface area contributed by atoms with E-state index in [9.17, 15) is 18.0 Å². The SMILES string of the molecule is CN(Cc1ccc(Cl)cc1)C(=O)Nc1ccccc1C(F)(F)F. The Morgan fingerprint density at radius 1 is 1.13 bits per heavy atom. The number of halogens is 4. The number of anilines is 1. The van der Waals surface area contributed by atoms with Crippen LogP contribution in [0, 0.1) is 0 Å². The minimum Gasteiger partial charge on any atom is -0.323 e. The highest BCUT2D eigenvalue weighted by atomic mass is 35.5. The molecule has 3 nitrogen and oxygen atoms in total. The van der Waals surface area contributed by atoms with Crippen molar-refractivity contribution in [2.45, 2.75) is 12.7 Å². The zero-order chi connectivity index (χ0) is 17.0. The quantitative estimate of drug-likeness (QED) is 0.834. The third-order valence-electron chi connectivity index (χ3n) is 3.15. The minimum absolute atomic E-state index is 0.247. The first kappa shape index (κ1) is 17.1. The van der Waals surface area contributed by atoms with Gasteiger partial charge >= 0.3 is 12.2 Å². The van der Waals surface area contributed by atoms with Gasteiger partial charge in [0.05, 0.1) is 11.3 Å². The van der Waals surface area contributed by atoms with E-state index >= 15 is 0 Å². The summed E-state index contributed by atoms with van der Waals surface area (Å²) in [5.74, 6) is 0. The number of nitrogens with zero attached hydrogens (tertiary/aromatic N) is 1. The summed E-state index contributed by atoms with van der Waals surface area (Å²) in [6.45, 7) is 0.247. The topological polar surface area (TPSA) is 32.3 Å². The molecule has 0 atom stereocenters. The molecule has 2 amide bonds. The first-order valence-corrected chi connectivity index (χ1v) is 7.08. The predicted octanol–water partition coefficient (Wildman–Crippen LogP) is 5.02. The second-order valence-corrected chi connectivity index (χ2v) is 5.39. The van der Waals surface area contributed by atoms with Crippen molar-refractivity contribution in [2.24, 2.45) is 0 Å². The Hall–Kier alpha value is -2.21. The van der Waals surface area contributed by atoms with Gasteiger partial charge in [0.1, 0.15) is 0 Å². The Balaban J connectivity index is 2.08. The van der Waals surface area contributed by atoms with Crippen LogP contribution >= 0.6 is 11.6 Å². The fourth-order valence-corrected chi connectivity index (χ4v) is 2.11. The maximum absolute atomic E-state index is 12.9. The normalized spacial score (nSPS) is 11.2. The Kier molecular flexibility index (Phi) is 5.15. The summed E-state index contributed by atoms with van der Waals surface area (Å²) >= 11 is 5.78. The number of amides is 2. The van der Waals surface area contributed by atoms with Gasteiger partial charge in [0, 0.05) is 18.6 Å². The van der Waals surface area contributed by atoms with E-state index < -0.39 is 17.8 Å². The standard InChI is InChI=1S/C16H14ClF3N2O/c1-22(10-11-6-8-12(17)9-7-11)15(23)21-14-5-3-2-4-13(14)16(18,19)20/h2-9H,10H2,1H3,(H,21,23). The number of nitrogens with one attached hydrogen (secondary N) is 1. The molecule has 7 heteroatoms. The lowest BCUT2D eigenvalue weighted by molar-refractivity contribution is -0.136. The number of carbonyl (C=O) groups is 1. The molecule has 122 valence electrons. The van der Waals surface area contributed by atoms with Gasteiger partial charge in [-0.3, -0.25) is 0 Å². The van der Waals surface area contributed by atoms with Gasteiger partial charge in [-0.1, -0.05) is 35.9 Å². The monoisotopic (exact) mass is 342 g/mol. The van der Waals surface area contributed by atoms with E-state index in [0.29, 0.717) is 5.02 Å². The third kappa shape index (κ3) is 4.63. The molecule has 2 aromatic rings. The number of para-hydroxylation sites is 1. The van der Waals surface area contributed by atoms with E-state index in [1.54, 1.807) is 24.3 Å². The van der Waals surface area contributed by atoms with Crippen LogP contribution in [0.2, 0.25) is 5.02 Å². The van der Waals surface area contributed by atoms with Crippen molar-refractivity contribution < 1.29 is 18.0 Å². The molecule has 0 radical (unpaired) electrons. The van der Waals surface area contributed by atoms with Gasteiger partial charge < -0.3 is 10.2 Å². The summed E-state index contributed by atoms with van der Waals surface area (Å²) in [7, 11) is 1.50. The van der Waals surface area contributed by atoms with Crippen molar-refractivity contribution in [2.75, 3.05) is 12.4 Å². The van der Waals surface area contributed by atoms with Crippen molar-refractivity contribution in [3.05, 3.63) is 64.7 Å². The van der Waals surface area contributed by atoms with Gasteiger partial charge in [0.2, 0.25) is 0 Å². The highest BCUT2D eigenvalue weighted by Gasteiger charge is 2.33. The summed E-state index contributed by atoms with van der Waals surface area (Å²) < 4.78 is 38.7. The molecular formula is C16H14ClF3N2O. The van der Waals surface area contributed by atoms with Gasteiger partial charge in [-0.05, 0) is 29.8 Å². The van der Waals surface area contributed by atoms with Crippen molar-refractivity contribution >= 4 is 23.3 Å². The molecule has 0 saturated heterocycles. The molecule has 0 unspecified atom stereocenters. The Bertz CT molecular complexity index is 686. The van der Waals surface area contributed by atoms with Gasteiger partial charge in [-0.2, -0.15) is 13.2 Å². The van der Waals surface area contributed by atoms with Crippen LogP contribution in [-0.2, 0) is 12.7 Å². The predicted molar refractivity (Wildman–Crippen MR) is 83.4 cm³/mol. The zero-order valence-corrected chi connectivity index (χ0v) is 12.9. The lowest BCUT2D eigenvalue weighted by Gasteiger charge is -2.20. The Morgan fingerprint density at radius 2 is 1.74 bits per heavy atom. The molecular weight excluding hydrogens is 329 g/mol. The van der Waals surface area contributed by atoms with E-state index in [4.69, 9.17) is 11.6 Å². The largest absolute Gasteiger partial charge is 0.418 e. The molecule has 23 heavy (non-hydrogen) atoms. The Labute approximate surface area is 136 Å². The molecule has 0 aliphatic heterocycles. The van der Waals surface area contributed by atoms with Crippen molar-refractivity contribution in [3.63, 3.8) is 0 Å². The van der Waals surface area contributed by atoms with Crippen LogP contribution in [-0.4, -0.2) is 18.0 Å². The highest BCUT2D eigenvalue weighted by molar-refractivity contribution is 6.30. The third-order valence-corrected chi connectivity index (χ3v) is 3.41. The minimum atomic E-state index is -4.53. The van der Waals surface area contributed by atoms with Crippen LogP contribution in [0.1, 0.15) is 11.1 Å². The zero-order valence-electron chi connectivity index (χ0n) is 12.2. The van der Waals surface area contributed by atoms with Crippen LogP contribution in [0.3, 0.4) is 0 Å². The van der Waals surface area contributed by atoms with Gasteiger partial charge in [-0.15, -0.1) is 0 Å². The van der Waals surface area contributed by atoms with Crippen LogP contribution in [0.15, 0.2) is 48.5 Å². The average molecular weight is 343 g/mol. The molecule has 0 aliphatic carbocycles. The lowest BCUT2D eigenvalue weighted by Crippen LogP contribution is -2.31. The number of alkyl halides is 3. The van der Waals surface area contributed by atoms with E-state index in [1.807, 2.05) is 0 Å². The second-order valence-electron chi connectivity index (χ2n) is 4.96. The summed E-state index contributed by atoms with van der Waals surface area (Å²) in [5, 5.41) is 2.86. The fraction of sp³-hybridized carbons (Fsp3) is 0.188. The number of hydrogen-bond acceptors (Lipinski definition) is 1. The van der Waals surface area contributed by atoms with E-state index in [-0.39, 0.29) is 12.2 Å². The first-order chi connectivity index (χ1) is 10.8. The maximum Gasteiger partial charge on any atom is 0.418 e. The van der Waals surface area contributed by atoms with Gasteiger partial charge in [-0.25, -0.2) is 4.79 Å². The number of carbonyl (C=O) groups excluding carboxylic acids is 1. The number of hydrogen-bond donors (Lipinski definition) is 1. The molecule has 0 aromatic heterocycles. The first-order valence-electron chi connectivity index (χ1n) is 6.70. The Morgan fingerprint density at radius 3 is 2.35 bits per heavy atom. The molecule has 0 fully saturated rings. The van der Waals surface area contributed by atoms with Crippen LogP contribution in [0.4, 0.5) is 23.7 Å². The highest BCUT2D eigenvalue weighted by Crippen LogP contribution is 2.34. The van der Waals surface area contributed by atoms with Crippen molar-refractivity contribution in [3.8, 4) is 0 Å². The van der Waals surface area contributed by atoms with Crippen molar-refractivity contribution in [1.82, 2.24) is 4.90 Å². The molecule has 1 N–H and O–H groups in total. The molecule has 2 aromatic carbocycles. The molecule has 0 spiro atoms. The van der Waals surface area contributed by atoms with Gasteiger partial charge in [0.15, 0.2) is 0 Å². The summed E-state index contributed by atoms with van der Waals surface area (Å²) in [4.78, 5) is 13.4. The van der Waals surface area contributed by atoms with Crippen LogP contribution in [0.5, 0.6) is 0 Å². The fourth-order valence-electron chi connectivity index (χ4n) is 1.99. The molecule has 0 bridgehead atoms. The van der Waals surface area contributed by atoms with Crippen molar-refractivity contribution in [1.29, 1.82) is 0 Å². The molecule has 0 aliphatic rings. The summed E-state index contributed by atoms with van der Waals surface area (Å²) in [5.41, 5.74) is -0.336. The lowest BCUT2D eigenvalue weighted by atomic mass is 10.1.